The second kappa shape index (κ2) is 10.5. The number of aromatic nitrogens is 2. The average Bonchev–Trinajstić information content (AvgIpc) is 2.71. The summed E-state index contributed by atoms with van der Waals surface area (Å²) < 4.78 is 10.9. The molecule has 1 saturated heterocycles. The van der Waals surface area contributed by atoms with Crippen molar-refractivity contribution in [2.45, 2.75) is 32.9 Å². The maximum absolute atomic E-state index is 12.2. The number of rotatable bonds is 9. The lowest BCUT2D eigenvalue weighted by molar-refractivity contribution is -0.126. The van der Waals surface area contributed by atoms with Crippen molar-refractivity contribution >= 4 is 16.8 Å². The summed E-state index contributed by atoms with van der Waals surface area (Å²) in [6.45, 7) is 8.23. The minimum Gasteiger partial charge on any atom is -0.379 e. The van der Waals surface area contributed by atoms with E-state index in [1.54, 1.807) is 18.2 Å². The van der Waals surface area contributed by atoms with Crippen LogP contribution in [0.25, 0.3) is 10.9 Å². The van der Waals surface area contributed by atoms with Gasteiger partial charge in [0.1, 0.15) is 19.0 Å². The van der Waals surface area contributed by atoms with Crippen molar-refractivity contribution in [3.8, 4) is 0 Å². The van der Waals surface area contributed by atoms with Gasteiger partial charge in [-0.2, -0.15) is 0 Å². The summed E-state index contributed by atoms with van der Waals surface area (Å²) >= 11 is 0. The van der Waals surface area contributed by atoms with E-state index in [4.69, 9.17) is 9.47 Å². The Morgan fingerprint density at radius 2 is 2.07 bits per heavy atom. The third-order valence-electron chi connectivity index (χ3n) is 4.97. The average molecular weight is 402 g/mol. The number of hydrogen-bond donors (Lipinski definition) is 2. The molecule has 1 atom stereocenters. The Hall–Kier alpha value is -2.29. The Bertz CT molecular complexity index is 861. The van der Waals surface area contributed by atoms with E-state index in [1.807, 2.05) is 6.07 Å². The summed E-state index contributed by atoms with van der Waals surface area (Å²) in [5.41, 5.74) is 0.405. The second-order valence-electron chi connectivity index (χ2n) is 7.76. The molecule has 2 N–H and O–H groups in total. The molecule has 3 rings (SSSR count). The van der Waals surface area contributed by atoms with Gasteiger partial charge in [-0.1, -0.05) is 26.0 Å². The molecule has 1 fully saturated rings. The third-order valence-corrected chi connectivity index (χ3v) is 4.97. The molecule has 0 bridgehead atoms. The first kappa shape index (κ1) is 21.4. The van der Waals surface area contributed by atoms with Crippen LogP contribution in [0.5, 0.6) is 0 Å². The van der Waals surface area contributed by atoms with Crippen LogP contribution in [0.4, 0.5) is 0 Å². The van der Waals surface area contributed by atoms with Crippen molar-refractivity contribution in [2.75, 3.05) is 39.5 Å². The number of ether oxygens (including phenoxy) is 2. The molecule has 158 valence electrons. The van der Waals surface area contributed by atoms with Crippen LogP contribution in [0.3, 0.4) is 0 Å². The number of morpholine rings is 1. The third kappa shape index (κ3) is 6.35. The molecule has 29 heavy (non-hydrogen) atoms. The Labute approximate surface area is 170 Å². The topological polar surface area (TPSA) is 96.5 Å². The Morgan fingerprint density at radius 3 is 2.83 bits per heavy atom. The molecule has 1 unspecified atom stereocenters. The molecule has 1 aliphatic heterocycles. The van der Waals surface area contributed by atoms with Gasteiger partial charge < -0.3 is 19.8 Å². The highest BCUT2D eigenvalue weighted by Gasteiger charge is 2.22. The van der Waals surface area contributed by atoms with E-state index >= 15 is 0 Å². The molecule has 2 aromatic rings. The molecular formula is C21H30N4O4. The lowest BCUT2D eigenvalue weighted by Crippen LogP contribution is -2.49. The number of nitrogens with one attached hydrogen (secondary N) is 2. The Balaban J connectivity index is 1.47. The standard InChI is InChI=1S/C21H30N4O4/c1-15(2)11-16(25-7-9-28-10-8-25)12-22-20(26)14-29-13-19-23-18-6-4-3-5-17(18)21(27)24-19/h3-6,15-16H,7-14H2,1-2H3,(H,22,26)(H,23,24,27). The van der Waals surface area contributed by atoms with Gasteiger partial charge in [-0.25, -0.2) is 4.98 Å². The molecule has 1 aromatic carbocycles. The van der Waals surface area contributed by atoms with Crippen molar-refractivity contribution in [3.05, 3.63) is 40.4 Å². The number of nitrogens with zero attached hydrogens (tertiary/aromatic N) is 2. The molecular weight excluding hydrogens is 372 g/mol. The predicted molar refractivity (Wildman–Crippen MR) is 111 cm³/mol. The smallest absolute Gasteiger partial charge is 0.258 e. The van der Waals surface area contributed by atoms with E-state index in [1.165, 1.54) is 0 Å². The van der Waals surface area contributed by atoms with Crippen LogP contribution in [0.2, 0.25) is 0 Å². The summed E-state index contributed by atoms with van der Waals surface area (Å²) in [4.78, 5) is 33.7. The quantitative estimate of drug-likeness (QED) is 0.656. The number of hydrogen-bond acceptors (Lipinski definition) is 6. The van der Waals surface area contributed by atoms with Crippen molar-refractivity contribution in [1.82, 2.24) is 20.2 Å². The van der Waals surface area contributed by atoms with Crippen LogP contribution < -0.4 is 10.9 Å². The monoisotopic (exact) mass is 402 g/mol. The fraction of sp³-hybridized carbons (Fsp3) is 0.571. The molecule has 1 aliphatic rings. The van der Waals surface area contributed by atoms with E-state index in [-0.39, 0.29) is 24.7 Å². The number of benzene rings is 1. The fourth-order valence-electron chi connectivity index (χ4n) is 3.57. The van der Waals surface area contributed by atoms with E-state index in [9.17, 15) is 9.59 Å². The molecule has 2 heterocycles. The zero-order chi connectivity index (χ0) is 20.6. The van der Waals surface area contributed by atoms with Gasteiger partial charge in [-0.15, -0.1) is 0 Å². The van der Waals surface area contributed by atoms with Crippen molar-refractivity contribution < 1.29 is 14.3 Å². The van der Waals surface area contributed by atoms with Crippen LogP contribution in [0, 0.1) is 5.92 Å². The zero-order valence-electron chi connectivity index (χ0n) is 17.1. The number of carbonyl (C=O) groups excluding carboxylic acids is 1. The van der Waals surface area contributed by atoms with E-state index in [0.29, 0.717) is 35.2 Å². The van der Waals surface area contributed by atoms with Gasteiger partial charge in [0.2, 0.25) is 5.91 Å². The number of fused-ring (bicyclic) bond motifs is 1. The van der Waals surface area contributed by atoms with Crippen LogP contribution in [-0.2, 0) is 20.9 Å². The van der Waals surface area contributed by atoms with E-state index in [2.05, 4.69) is 34.0 Å². The highest BCUT2D eigenvalue weighted by atomic mass is 16.5. The van der Waals surface area contributed by atoms with Crippen molar-refractivity contribution in [3.63, 3.8) is 0 Å². The maximum atomic E-state index is 12.2. The summed E-state index contributed by atoms with van der Waals surface area (Å²) in [7, 11) is 0. The van der Waals surface area contributed by atoms with Gasteiger partial charge in [-0.3, -0.25) is 14.5 Å². The Morgan fingerprint density at radius 1 is 1.31 bits per heavy atom. The highest BCUT2D eigenvalue weighted by molar-refractivity contribution is 5.77. The van der Waals surface area contributed by atoms with Gasteiger partial charge in [0.05, 0.1) is 24.1 Å². The van der Waals surface area contributed by atoms with Gasteiger partial charge in [0.25, 0.3) is 5.56 Å². The number of amides is 1. The largest absolute Gasteiger partial charge is 0.379 e. The molecule has 1 amide bonds. The Kier molecular flexibility index (Phi) is 7.74. The molecule has 8 nitrogen and oxygen atoms in total. The van der Waals surface area contributed by atoms with Gasteiger partial charge in [-0.05, 0) is 24.5 Å². The first-order valence-corrected chi connectivity index (χ1v) is 10.2. The fourth-order valence-corrected chi connectivity index (χ4v) is 3.57. The van der Waals surface area contributed by atoms with Crippen molar-refractivity contribution in [2.24, 2.45) is 5.92 Å². The zero-order valence-corrected chi connectivity index (χ0v) is 17.1. The van der Waals surface area contributed by atoms with Crippen LogP contribution in [0.15, 0.2) is 29.1 Å². The van der Waals surface area contributed by atoms with Crippen LogP contribution >= 0.6 is 0 Å². The molecule has 0 radical (unpaired) electrons. The molecule has 8 heteroatoms. The minimum atomic E-state index is -0.208. The first-order valence-electron chi connectivity index (χ1n) is 10.2. The predicted octanol–water partition coefficient (Wildman–Crippen LogP) is 1.30. The molecule has 0 spiro atoms. The summed E-state index contributed by atoms with van der Waals surface area (Å²) in [5.74, 6) is 0.787. The first-order chi connectivity index (χ1) is 14.0. The maximum Gasteiger partial charge on any atom is 0.258 e. The molecule has 0 aliphatic carbocycles. The van der Waals surface area contributed by atoms with Gasteiger partial charge in [0, 0.05) is 25.7 Å². The second-order valence-corrected chi connectivity index (χ2v) is 7.76. The molecule has 0 saturated carbocycles. The lowest BCUT2D eigenvalue weighted by Gasteiger charge is -2.35. The van der Waals surface area contributed by atoms with Crippen LogP contribution in [0.1, 0.15) is 26.1 Å². The van der Waals surface area contributed by atoms with Crippen LogP contribution in [-0.4, -0.2) is 66.3 Å². The summed E-state index contributed by atoms with van der Waals surface area (Å²) in [6, 6.07) is 7.42. The number of para-hydroxylation sites is 1. The normalized spacial score (nSPS) is 16.2. The minimum absolute atomic E-state index is 0.0754. The SMILES string of the molecule is CC(C)CC(CNC(=O)COCc1nc2ccccc2c(=O)[nH]1)N1CCOCC1. The van der Waals surface area contributed by atoms with E-state index < -0.39 is 0 Å². The van der Waals surface area contributed by atoms with Gasteiger partial charge >= 0.3 is 0 Å². The number of H-pyrrole nitrogens is 1. The van der Waals surface area contributed by atoms with Crippen molar-refractivity contribution in [1.29, 1.82) is 0 Å². The molecule has 1 aromatic heterocycles. The highest BCUT2D eigenvalue weighted by Crippen LogP contribution is 2.13. The number of carbonyl (C=O) groups is 1. The summed E-state index contributed by atoms with van der Waals surface area (Å²) in [5, 5.41) is 3.51. The lowest BCUT2D eigenvalue weighted by atomic mass is 10.0. The summed E-state index contributed by atoms with van der Waals surface area (Å²) in [6.07, 6.45) is 1.02. The number of aromatic amines is 1. The van der Waals surface area contributed by atoms with E-state index in [0.717, 1.165) is 32.7 Å². The van der Waals surface area contributed by atoms with Gasteiger partial charge in [0.15, 0.2) is 0 Å².